The van der Waals surface area contributed by atoms with Crippen molar-refractivity contribution in [1.29, 1.82) is 5.26 Å². The Balaban J connectivity index is 3.14. The van der Waals surface area contributed by atoms with Gasteiger partial charge in [0.25, 0.3) is 0 Å². The molecule has 1 unspecified atom stereocenters. The summed E-state index contributed by atoms with van der Waals surface area (Å²) in [7, 11) is 1.44. The molecule has 0 saturated heterocycles. The van der Waals surface area contributed by atoms with Crippen molar-refractivity contribution in [1.82, 2.24) is 0 Å². The Labute approximate surface area is 122 Å². The number of carbonyl (C=O) groups is 1. The van der Waals surface area contributed by atoms with Gasteiger partial charge in [0, 0.05) is 6.08 Å². The van der Waals surface area contributed by atoms with E-state index in [4.69, 9.17) is 31.4 Å². The van der Waals surface area contributed by atoms with Gasteiger partial charge in [-0.15, -0.1) is 0 Å². The first kappa shape index (κ1) is 15.9. The van der Waals surface area contributed by atoms with Crippen molar-refractivity contribution >= 4 is 23.6 Å². The van der Waals surface area contributed by atoms with Crippen molar-refractivity contribution in [3.05, 3.63) is 28.8 Å². The first-order valence-electron chi connectivity index (χ1n) is 5.86. The lowest BCUT2D eigenvalue weighted by Gasteiger charge is -2.15. The van der Waals surface area contributed by atoms with Gasteiger partial charge < -0.3 is 14.6 Å². The molecule has 20 heavy (non-hydrogen) atoms. The van der Waals surface area contributed by atoms with E-state index in [1.54, 1.807) is 12.1 Å². The lowest BCUT2D eigenvalue weighted by atomic mass is 10.2. The number of hydrogen-bond donors (Lipinski definition) is 1. The monoisotopic (exact) mass is 295 g/mol. The summed E-state index contributed by atoms with van der Waals surface area (Å²) in [6.45, 7) is 1.82. The van der Waals surface area contributed by atoms with E-state index >= 15 is 0 Å². The van der Waals surface area contributed by atoms with E-state index in [2.05, 4.69) is 0 Å². The van der Waals surface area contributed by atoms with E-state index in [9.17, 15) is 4.79 Å². The molecule has 1 aromatic carbocycles. The minimum atomic E-state index is -1.06. The van der Waals surface area contributed by atoms with Crippen LogP contribution in [0.5, 0.6) is 11.5 Å². The molecule has 0 amide bonds. The highest BCUT2D eigenvalue weighted by atomic mass is 35.5. The number of nitriles is 1. The summed E-state index contributed by atoms with van der Waals surface area (Å²) < 4.78 is 10.7. The van der Waals surface area contributed by atoms with Crippen LogP contribution in [0.25, 0.3) is 6.08 Å². The molecule has 6 heteroatoms. The second kappa shape index (κ2) is 7.41. The molecule has 0 radical (unpaired) electrons. The summed E-state index contributed by atoms with van der Waals surface area (Å²) in [5.74, 6) is -0.442. The van der Waals surface area contributed by atoms with E-state index < -0.39 is 12.1 Å². The van der Waals surface area contributed by atoms with Gasteiger partial charge in [-0.2, -0.15) is 5.26 Å². The number of benzene rings is 1. The van der Waals surface area contributed by atoms with E-state index in [1.807, 2.05) is 13.0 Å². The van der Waals surface area contributed by atoms with Crippen molar-refractivity contribution in [2.45, 2.75) is 19.4 Å². The number of aliphatic carboxylic acids is 1. The molecule has 0 aliphatic rings. The number of carboxylic acids is 1. The average Bonchev–Trinajstić information content (AvgIpc) is 2.43. The van der Waals surface area contributed by atoms with Gasteiger partial charge in [-0.3, -0.25) is 0 Å². The van der Waals surface area contributed by atoms with Crippen LogP contribution in [-0.2, 0) is 4.79 Å². The van der Waals surface area contributed by atoms with Gasteiger partial charge in [0.05, 0.1) is 12.1 Å². The largest absolute Gasteiger partial charge is 0.493 e. The molecule has 1 aromatic rings. The Bertz CT molecular complexity index is 563. The molecule has 0 bridgehead atoms. The zero-order valence-corrected chi connectivity index (χ0v) is 11.8. The van der Waals surface area contributed by atoms with Crippen molar-refractivity contribution in [2.75, 3.05) is 7.11 Å². The summed E-state index contributed by atoms with van der Waals surface area (Å²) in [6, 6.07) is 5.14. The Morgan fingerprint density at radius 2 is 2.30 bits per heavy atom. The highest BCUT2D eigenvalue weighted by Crippen LogP contribution is 2.37. The van der Waals surface area contributed by atoms with E-state index in [0.717, 1.165) is 6.08 Å². The van der Waals surface area contributed by atoms with Crippen LogP contribution in [0, 0.1) is 11.3 Å². The summed E-state index contributed by atoms with van der Waals surface area (Å²) in [6.07, 6.45) is 2.27. The van der Waals surface area contributed by atoms with E-state index in [-0.39, 0.29) is 10.8 Å². The maximum atomic E-state index is 10.5. The maximum Gasteiger partial charge on any atom is 0.328 e. The predicted molar refractivity (Wildman–Crippen MR) is 75.0 cm³/mol. The van der Waals surface area contributed by atoms with Gasteiger partial charge in [-0.05, 0) is 30.2 Å². The summed E-state index contributed by atoms with van der Waals surface area (Å²) in [5.41, 5.74) is 0.562. The molecule has 1 atom stereocenters. The van der Waals surface area contributed by atoms with Crippen molar-refractivity contribution in [3.8, 4) is 17.6 Å². The minimum absolute atomic E-state index is 0.253. The number of methoxy groups -OCH3 is 1. The number of ether oxygens (including phenoxy) is 2. The molecule has 0 fully saturated rings. The Hall–Kier alpha value is -2.19. The Kier molecular flexibility index (Phi) is 5.88. The molecule has 1 N–H and O–H groups in total. The molecule has 0 aliphatic carbocycles. The maximum absolute atomic E-state index is 10.5. The molecular formula is C14H14ClNO4. The van der Waals surface area contributed by atoms with Gasteiger partial charge >= 0.3 is 5.97 Å². The molecule has 1 rings (SSSR count). The fourth-order valence-corrected chi connectivity index (χ4v) is 1.72. The number of halogens is 1. The highest BCUT2D eigenvalue weighted by Gasteiger charge is 2.15. The van der Waals surface area contributed by atoms with Crippen LogP contribution in [0.1, 0.15) is 18.9 Å². The fraction of sp³-hybridized carbons (Fsp3) is 0.286. The van der Waals surface area contributed by atoms with Gasteiger partial charge in [-0.25, -0.2) is 4.79 Å². The van der Waals surface area contributed by atoms with E-state index in [1.165, 1.54) is 13.2 Å². The topological polar surface area (TPSA) is 79.5 Å². The first-order valence-corrected chi connectivity index (χ1v) is 6.24. The summed E-state index contributed by atoms with van der Waals surface area (Å²) >= 11 is 6.09. The van der Waals surface area contributed by atoms with Gasteiger partial charge in [0.2, 0.25) is 0 Å². The number of rotatable bonds is 6. The van der Waals surface area contributed by atoms with Crippen LogP contribution < -0.4 is 9.47 Å². The molecule has 0 spiro atoms. The van der Waals surface area contributed by atoms with Crippen LogP contribution in [0.15, 0.2) is 18.2 Å². The molecule has 0 aliphatic heterocycles. The second-order valence-electron chi connectivity index (χ2n) is 3.85. The zero-order chi connectivity index (χ0) is 15.1. The third-order valence-electron chi connectivity index (χ3n) is 2.45. The SMILES string of the molecule is CCC(C#N)Oc1c(Cl)cc(C=CC(=O)O)cc1OC. The average molecular weight is 296 g/mol. The van der Waals surface area contributed by atoms with Crippen LogP contribution in [0.4, 0.5) is 0 Å². The van der Waals surface area contributed by atoms with Gasteiger partial charge in [-0.1, -0.05) is 18.5 Å². The van der Waals surface area contributed by atoms with E-state index in [0.29, 0.717) is 17.7 Å². The zero-order valence-electron chi connectivity index (χ0n) is 11.1. The minimum Gasteiger partial charge on any atom is -0.493 e. The standard InChI is InChI=1S/C14H14ClNO4/c1-3-10(8-16)20-14-11(15)6-9(4-5-13(17)18)7-12(14)19-2/h4-7,10H,3H2,1-2H3,(H,17,18). The molecule has 5 nitrogen and oxygen atoms in total. The van der Waals surface area contributed by atoms with Crippen LogP contribution in [-0.4, -0.2) is 24.3 Å². The summed E-state index contributed by atoms with van der Waals surface area (Å²) in [4.78, 5) is 10.5. The summed E-state index contributed by atoms with van der Waals surface area (Å²) in [5, 5.41) is 17.8. The first-order chi connectivity index (χ1) is 9.51. The van der Waals surface area contributed by atoms with Crippen LogP contribution >= 0.6 is 11.6 Å². The lowest BCUT2D eigenvalue weighted by Crippen LogP contribution is -2.13. The number of nitrogens with zero attached hydrogens (tertiary/aromatic N) is 1. The third kappa shape index (κ3) is 4.18. The molecule has 106 valence electrons. The third-order valence-corrected chi connectivity index (χ3v) is 2.73. The lowest BCUT2D eigenvalue weighted by molar-refractivity contribution is -0.131. The molecule has 0 saturated carbocycles. The Morgan fingerprint density at radius 1 is 1.60 bits per heavy atom. The van der Waals surface area contributed by atoms with Gasteiger partial charge in [0.15, 0.2) is 17.6 Å². The number of hydrogen-bond acceptors (Lipinski definition) is 4. The smallest absolute Gasteiger partial charge is 0.328 e. The number of carboxylic acid groups (broad SMARTS) is 1. The van der Waals surface area contributed by atoms with Gasteiger partial charge in [0.1, 0.15) is 6.07 Å². The molecular weight excluding hydrogens is 282 g/mol. The van der Waals surface area contributed by atoms with Crippen LogP contribution in [0.3, 0.4) is 0 Å². The normalized spacial score (nSPS) is 11.9. The fourth-order valence-electron chi connectivity index (χ4n) is 1.46. The van der Waals surface area contributed by atoms with Crippen molar-refractivity contribution in [2.24, 2.45) is 0 Å². The predicted octanol–water partition coefficient (Wildman–Crippen LogP) is 3.13. The van der Waals surface area contributed by atoms with Crippen LogP contribution in [0.2, 0.25) is 5.02 Å². The quantitative estimate of drug-likeness (QED) is 0.816. The Morgan fingerprint density at radius 3 is 2.80 bits per heavy atom. The molecule has 0 heterocycles. The second-order valence-corrected chi connectivity index (χ2v) is 4.26. The molecule has 0 aromatic heterocycles. The highest BCUT2D eigenvalue weighted by molar-refractivity contribution is 6.32. The van der Waals surface area contributed by atoms with Crippen molar-refractivity contribution < 1.29 is 19.4 Å². The van der Waals surface area contributed by atoms with Crippen molar-refractivity contribution in [3.63, 3.8) is 0 Å².